The summed E-state index contributed by atoms with van der Waals surface area (Å²) >= 11 is 6.86. The van der Waals surface area contributed by atoms with E-state index in [1.807, 2.05) is 37.3 Å². The average molecular weight is 575 g/mol. The molecule has 2 unspecified atom stereocenters. The predicted molar refractivity (Wildman–Crippen MR) is 151 cm³/mol. The highest BCUT2D eigenvalue weighted by Crippen LogP contribution is 2.42. The molecule has 2 aromatic heterocycles. The number of aromatic nitrogens is 3. The summed E-state index contributed by atoms with van der Waals surface area (Å²) in [5.74, 6) is 2.39. The monoisotopic (exact) mass is 574 g/mol. The van der Waals surface area contributed by atoms with Crippen LogP contribution in [-0.4, -0.2) is 62.7 Å². The van der Waals surface area contributed by atoms with Crippen molar-refractivity contribution in [1.29, 1.82) is 0 Å². The van der Waals surface area contributed by atoms with Crippen LogP contribution in [0, 0.1) is 11.8 Å². The Morgan fingerprint density at radius 1 is 1.28 bits per heavy atom. The molecule has 2 aliphatic rings. The number of benzene rings is 1. The number of hydrogen-bond donors (Lipinski definition) is 1. The summed E-state index contributed by atoms with van der Waals surface area (Å²) in [6, 6.07) is 11.6. The van der Waals surface area contributed by atoms with E-state index in [0.717, 1.165) is 18.5 Å². The van der Waals surface area contributed by atoms with Gasteiger partial charge in [-0.2, -0.15) is 0 Å². The second-order valence-electron chi connectivity index (χ2n) is 10.8. The molecule has 2 fully saturated rings. The first-order valence-electron chi connectivity index (χ1n) is 13.2. The summed E-state index contributed by atoms with van der Waals surface area (Å²) < 4.78 is 38.5. The van der Waals surface area contributed by atoms with E-state index in [1.165, 1.54) is 4.31 Å². The summed E-state index contributed by atoms with van der Waals surface area (Å²) in [5, 5.41) is 8.70. The van der Waals surface area contributed by atoms with E-state index in [9.17, 15) is 8.42 Å². The van der Waals surface area contributed by atoms with Crippen molar-refractivity contribution in [2.24, 2.45) is 17.6 Å². The quantitative estimate of drug-likeness (QED) is 0.363. The van der Waals surface area contributed by atoms with Gasteiger partial charge in [0.15, 0.2) is 5.82 Å². The zero-order chi connectivity index (χ0) is 27.8. The number of rotatable bonds is 11. The lowest BCUT2D eigenvalue weighted by atomic mass is 9.94. The minimum atomic E-state index is -3.54. The van der Waals surface area contributed by atoms with Gasteiger partial charge in [-0.05, 0) is 49.7 Å². The van der Waals surface area contributed by atoms with Gasteiger partial charge in [0, 0.05) is 26.7 Å². The van der Waals surface area contributed by atoms with E-state index in [-0.39, 0.29) is 28.4 Å². The van der Waals surface area contributed by atoms with Crippen molar-refractivity contribution in [3.8, 4) is 11.5 Å². The number of pyridine rings is 1. The Morgan fingerprint density at radius 2 is 2.03 bits per heavy atom. The number of anilines is 2. The smallest absolute Gasteiger partial charge is 0.249 e. The normalized spacial score (nSPS) is 21.6. The third kappa shape index (κ3) is 6.06. The molecule has 5 rings (SSSR count). The van der Waals surface area contributed by atoms with Crippen LogP contribution in [0.25, 0.3) is 11.5 Å². The number of nitrogens with zero attached hydrogens (tertiary/aromatic N) is 5. The van der Waals surface area contributed by atoms with Crippen LogP contribution in [0.5, 0.6) is 0 Å². The Morgan fingerprint density at radius 3 is 2.67 bits per heavy atom. The Balaban J connectivity index is 1.55. The Bertz CT molecular complexity index is 1410. The van der Waals surface area contributed by atoms with Crippen LogP contribution in [0.1, 0.15) is 38.1 Å². The zero-order valence-corrected chi connectivity index (χ0v) is 24.1. The minimum absolute atomic E-state index is 0.0489. The molecule has 1 saturated carbocycles. The molecule has 0 bridgehead atoms. The largest absolute Gasteiger partial charge is 0.419 e. The number of ether oxygens (including phenoxy) is 1. The molecule has 1 saturated heterocycles. The third-order valence-corrected chi connectivity index (χ3v) is 9.64. The van der Waals surface area contributed by atoms with Crippen molar-refractivity contribution in [2.45, 2.75) is 38.6 Å². The van der Waals surface area contributed by atoms with Crippen molar-refractivity contribution in [3.63, 3.8) is 0 Å². The summed E-state index contributed by atoms with van der Waals surface area (Å²) in [6.45, 7) is 6.23. The fourth-order valence-electron chi connectivity index (χ4n) is 4.96. The molecule has 12 heteroatoms. The Labute approximate surface area is 234 Å². The van der Waals surface area contributed by atoms with Gasteiger partial charge in [-0.1, -0.05) is 48.9 Å². The van der Waals surface area contributed by atoms with E-state index in [4.69, 9.17) is 31.5 Å². The van der Waals surface area contributed by atoms with Gasteiger partial charge in [0.1, 0.15) is 5.82 Å². The van der Waals surface area contributed by atoms with Crippen molar-refractivity contribution in [2.75, 3.05) is 48.3 Å². The molecule has 210 valence electrons. The molecule has 3 atom stereocenters. The van der Waals surface area contributed by atoms with Crippen molar-refractivity contribution >= 4 is 33.3 Å². The molecular weight excluding hydrogens is 540 g/mol. The average Bonchev–Trinajstić information content (AvgIpc) is 3.24. The number of sulfonamides is 1. The van der Waals surface area contributed by atoms with Crippen molar-refractivity contribution in [1.82, 2.24) is 15.2 Å². The fourth-order valence-corrected chi connectivity index (χ4v) is 6.81. The zero-order valence-electron chi connectivity index (χ0n) is 22.5. The molecule has 3 aromatic rings. The molecule has 1 aliphatic heterocycles. The molecule has 10 nitrogen and oxygen atoms in total. The van der Waals surface area contributed by atoms with E-state index in [1.54, 1.807) is 13.2 Å². The fraction of sp³-hybridized carbons (Fsp3) is 0.519. The number of nitrogens with two attached hydrogens (primary N) is 1. The molecular formula is C27H35ClN6O4S. The summed E-state index contributed by atoms with van der Waals surface area (Å²) in [4.78, 5) is 6.89. The van der Waals surface area contributed by atoms with Crippen LogP contribution in [0.15, 0.2) is 40.8 Å². The first-order valence-corrected chi connectivity index (χ1v) is 15.2. The van der Waals surface area contributed by atoms with Crippen LogP contribution in [-0.2, 0) is 26.7 Å². The number of halogens is 1. The highest BCUT2D eigenvalue weighted by atomic mass is 35.5. The number of hydrogen-bond acceptors (Lipinski definition) is 9. The van der Waals surface area contributed by atoms with E-state index in [2.05, 4.69) is 22.0 Å². The Hall–Kier alpha value is -2.73. The molecule has 1 aromatic carbocycles. The van der Waals surface area contributed by atoms with Gasteiger partial charge in [-0.15, -0.1) is 10.2 Å². The molecule has 3 heterocycles. The van der Waals surface area contributed by atoms with Gasteiger partial charge in [-0.25, -0.2) is 13.4 Å². The third-order valence-electron chi connectivity index (χ3n) is 7.44. The van der Waals surface area contributed by atoms with Gasteiger partial charge >= 0.3 is 0 Å². The summed E-state index contributed by atoms with van der Waals surface area (Å²) in [7, 11) is -1.88. The topological polar surface area (TPSA) is 128 Å². The maximum Gasteiger partial charge on any atom is 0.249 e. The molecule has 0 radical (unpaired) electrons. The predicted octanol–water partition coefficient (Wildman–Crippen LogP) is 3.85. The summed E-state index contributed by atoms with van der Waals surface area (Å²) in [6.07, 6.45) is 2.13. The molecule has 0 spiro atoms. The highest BCUT2D eigenvalue weighted by Gasteiger charge is 2.37. The van der Waals surface area contributed by atoms with Gasteiger partial charge < -0.3 is 19.8 Å². The lowest BCUT2D eigenvalue weighted by molar-refractivity contribution is 0.204. The first kappa shape index (κ1) is 27.8. The van der Waals surface area contributed by atoms with E-state index >= 15 is 0 Å². The summed E-state index contributed by atoms with van der Waals surface area (Å²) in [5.41, 5.74) is 7.15. The number of methoxy groups -OCH3 is 1. The molecule has 2 N–H and O–H groups in total. The van der Waals surface area contributed by atoms with Gasteiger partial charge in [0.2, 0.25) is 21.8 Å². The maximum absolute atomic E-state index is 12.9. The lowest BCUT2D eigenvalue weighted by Gasteiger charge is -2.27. The molecule has 1 aliphatic carbocycles. The van der Waals surface area contributed by atoms with Gasteiger partial charge in [0.05, 0.1) is 28.5 Å². The second kappa shape index (κ2) is 11.0. The SMILES string of the molecule is COCCN(CC1CC1C)c1cc(-c2nnc([C@](C)(N)Cc3ccccc3)o2)c(Cl)c(N2CCCS2(=O)=O)n1. The van der Waals surface area contributed by atoms with Gasteiger partial charge in [-0.3, -0.25) is 4.31 Å². The Kier molecular flexibility index (Phi) is 7.87. The second-order valence-corrected chi connectivity index (χ2v) is 13.2. The lowest BCUT2D eigenvalue weighted by Crippen LogP contribution is -2.35. The van der Waals surface area contributed by atoms with Crippen LogP contribution < -0.4 is 14.9 Å². The van der Waals surface area contributed by atoms with Crippen molar-refractivity contribution in [3.05, 3.63) is 52.9 Å². The first-order chi connectivity index (χ1) is 18.6. The van der Waals surface area contributed by atoms with Crippen molar-refractivity contribution < 1.29 is 17.6 Å². The highest BCUT2D eigenvalue weighted by molar-refractivity contribution is 7.93. The molecule has 39 heavy (non-hydrogen) atoms. The minimum Gasteiger partial charge on any atom is -0.419 e. The van der Waals surface area contributed by atoms with Crippen LogP contribution >= 0.6 is 11.6 Å². The standard InChI is InChI=1S/C27H35ClN6O4S/c1-18-14-20(18)17-33(11-12-37-3)22-15-21(23(28)24(30-22)34-10-7-13-39(34,35)36)25-31-32-26(38-25)27(2,29)16-19-8-5-4-6-9-19/h4-6,8-9,15,18,20H,7,10-14,16-17,29H2,1-3H3/t18?,20?,27-/m1/s1. The van der Waals surface area contributed by atoms with Crippen LogP contribution in [0.2, 0.25) is 5.02 Å². The van der Waals surface area contributed by atoms with Crippen LogP contribution in [0.3, 0.4) is 0 Å². The van der Waals surface area contributed by atoms with E-state index in [0.29, 0.717) is 55.8 Å². The van der Waals surface area contributed by atoms with E-state index < -0.39 is 15.6 Å². The molecule has 0 amide bonds. The van der Waals surface area contributed by atoms with Gasteiger partial charge in [0.25, 0.3) is 0 Å². The maximum atomic E-state index is 12.9. The van der Waals surface area contributed by atoms with Crippen LogP contribution in [0.4, 0.5) is 11.6 Å².